The lowest BCUT2D eigenvalue weighted by molar-refractivity contribution is 0.00578. The van der Waals surface area contributed by atoms with Crippen LogP contribution in [0.5, 0.6) is 0 Å². The standard InChI is InChI=1S/C13H23BO2/c1-6-7-8-9-10-11-14-15-12(2,3)13(4,5)16-14/h6,9-10H,1,7-8,11H2,2-5H3/b10-9+. The van der Waals surface area contributed by atoms with Crippen LogP contribution in [0.4, 0.5) is 0 Å². The molecular weight excluding hydrogens is 199 g/mol. The summed E-state index contributed by atoms with van der Waals surface area (Å²) in [5.74, 6) is 0. The van der Waals surface area contributed by atoms with E-state index in [1.54, 1.807) is 0 Å². The van der Waals surface area contributed by atoms with Gasteiger partial charge >= 0.3 is 7.12 Å². The lowest BCUT2D eigenvalue weighted by Crippen LogP contribution is -2.41. The van der Waals surface area contributed by atoms with Crippen molar-refractivity contribution in [2.24, 2.45) is 0 Å². The summed E-state index contributed by atoms with van der Waals surface area (Å²) in [7, 11) is -0.106. The molecule has 1 aliphatic heterocycles. The number of allylic oxidation sites excluding steroid dienone is 3. The van der Waals surface area contributed by atoms with Crippen LogP contribution in [0.15, 0.2) is 24.8 Å². The minimum atomic E-state index is -0.216. The highest BCUT2D eigenvalue weighted by atomic mass is 16.7. The second-order valence-corrected chi connectivity index (χ2v) is 5.26. The molecule has 1 saturated heterocycles. The fraction of sp³-hybridized carbons (Fsp3) is 0.692. The van der Waals surface area contributed by atoms with Gasteiger partial charge in [-0.2, -0.15) is 0 Å². The molecule has 2 nitrogen and oxygen atoms in total. The van der Waals surface area contributed by atoms with Crippen LogP contribution < -0.4 is 0 Å². The fourth-order valence-electron chi connectivity index (χ4n) is 1.60. The summed E-state index contributed by atoms with van der Waals surface area (Å²) in [5.41, 5.74) is -0.431. The van der Waals surface area contributed by atoms with E-state index in [1.165, 1.54) is 0 Å². The Kier molecular flexibility index (Phi) is 4.39. The van der Waals surface area contributed by atoms with Gasteiger partial charge in [0.05, 0.1) is 11.2 Å². The lowest BCUT2D eigenvalue weighted by atomic mass is 9.85. The van der Waals surface area contributed by atoms with Gasteiger partial charge < -0.3 is 9.31 Å². The average Bonchev–Trinajstić information content (AvgIpc) is 2.35. The minimum Gasteiger partial charge on any atom is -0.403 e. The van der Waals surface area contributed by atoms with Gasteiger partial charge in [-0.25, -0.2) is 0 Å². The second-order valence-electron chi connectivity index (χ2n) is 5.26. The smallest absolute Gasteiger partial charge is 0.403 e. The van der Waals surface area contributed by atoms with E-state index in [0.29, 0.717) is 0 Å². The van der Waals surface area contributed by atoms with Crippen LogP contribution in [0.1, 0.15) is 40.5 Å². The summed E-state index contributed by atoms with van der Waals surface area (Å²) in [6.45, 7) is 12.0. The predicted molar refractivity (Wildman–Crippen MR) is 69.5 cm³/mol. The third-order valence-electron chi connectivity index (χ3n) is 3.33. The average molecular weight is 222 g/mol. The molecule has 0 saturated carbocycles. The number of rotatable bonds is 5. The Morgan fingerprint density at radius 2 is 1.56 bits per heavy atom. The van der Waals surface area contributed by atoms with Crippen molar-refractivity contribution in [3.8, 4) is 0 Å². The van der Waals surface area contributed by atoms with Crippen molar-refractivity contribution in [3.63, 3.8) is 0 Å². The quantitative estimate of drug-likeness (QED) is 0.402. The van der Waals surface area contributed by atoms with Crippen LogP contribution in [-0.2, 0) is 9.31 Å². The normalized spacial score (nSPS) is 22.9. The number of hydrogen-bond donors (Lipinski definition) is 0. The molecule has 1 fully saturated rings. The molecule has 0 spiro atoms. The van der Waals surface area contributed by atoms with Gasteiger partial charge in [0.25, 0.3) is 0 Å². The molecule has 90 valence electrons. The maximum absolute atomic E-state index is 5.88. The molecule has 1 aliphatic rings. The van der Waals surface area contributed by atoms with Gasteiger partial charge in [0.1, 0.15) is 0 Å². The zero-order valence-corrected chi connectivity index (χ0v) is 11.0. The summed E-state index contributed by atoms with van der Waals surface area (Å²) in [4.78, 5) is 0. The Balaban J connectivity index is 2.36. The van der Waals surface area contributed by atoms with Crippen molar-refractivity contribution in [2.75, 3.05) is 0 Å². The summed E-state index contributed by atoms with van der Waals surface area (Å²) >= 11 is 0. The van der Waals surface area contributed by atoms with Gasteiger partial charge in [-0.1, -0.05) is 18.2 Å². The highest BCUT2D eigenvalue weighted by Crippen LogP contribution is 2.37. The van der Waals surface area contributed by atoms with Crippen LogP contribution in [0.3, 0.4) is 0 Å². The molecule has 0 atom stereocenters. The lowest BCUT2D eigenvalue weighted by Gasteiger charge is -2.32. The molecule has 0 amide bonds. The van der Waals surface area contributed by atoms with E-state index in [1.807, 2.05) is 6.08 Å². The van der Waals surface area contributed by atoms with Crippen molar-refractivity contribution >= 4 is 7.12 Å². The molecular formula is C13H23BO2. The summed E-state index contributed by atoms with van der Waals surface area (Å²) in [5, 5.41) is 0. The Hall–Kier alpha value is -0.535. The van der Waals surface area contributed by atoms with E-state index >= 15 is 0 Å². The van der Waals surface area contributed by atoms with Gasteiger partial charge in [0.2, 0.25) is 0 Å². The second kappa shape index (κ2) is 5.20. The van der Waals surface area contributed by atoms with Crippen LogP contribution in [0.25, 0.3) is 0 Å². The van der Waals surface area contributed by atoms with E-state index in [0.717, 1.165) is 19.2 Å². The molecule has 0 aliphatic carbocycles. The number of hydrogen-bond acceptors (Lipinski definition) is 2. The first-order valence-electron chi connectivity index (χ1n) is 6.00. The molecule has 0 unspecified atom stereocenters. The topological polar surface area (TPSA) is 18.5 Å². The third kappa shape index (κ3) is 3.23. The molecule has 1 rings (SSSR count). The van der Waals surface area contributed by atoms with Gasteiger partial charge in [0, 0.05) is 6.32 Å². The van der Waals surface area contributed by atoms with Crippen LogP contribution in [0.2, 0.25) is 6.32 Å². The molecule has 16 heavy (non-hydrogen) atoms. The van der Waals surface area contributed by atoms with E-state index in [9.17, 15) is 0 Å². The van der Waals surface area contributed by atoms with Crippen molar-refractivity contribution < 1.29 is 9.31 Å². The molecule has 1 heterocycles. The minimum absolute atomic E-state index is 0.106. The predicted octanol–water partition coefficient (Wildman–Crippen LogP) is 3.60. The molecule has 0 aromatic heterocycles. The van der Waals surface area contributed by atoms with Crippen molar-refractivity contribution in [3.05, 3.63) is 24.8 Å². The van der Waals surface area contributed by atoms with E-state index in [4.69, 9.17) is 9.31 Å². The number of unbranched alkanes of at least 4 members (excludes halogenated alkanes) is 1. The molecule has 0 bridgehead atoms. The highest BCUT2D eigenvalue weighted by Gasteiger charge is 2.50. The van der Waals surface area contributed by atoms with Gasteiger partial charge in [-0.05, 0) is 40.5 Å². The molecule has 0 radical (unpaired) electrons. The fourth-order valence-corrected chi connectivity index (χ4v) is 1.60. The van der Waals surface area contributed by atoms with Crippen LogP contribution in [0, 0.1) is 0 Å². The Labute approximate surface area is 99.9 Å². The van der Waals surface area contributed by atoms with E-state index in [2.05, 4.69) is 46.4 Å². The van der Waals surface area contributed by atoms with Gasteiger partial charge in [-0.3, -0.25) is 0 Å². The van der Waals surface area contributed by atoms with Gasteiger partial charge in [-0.15, -0.1) is 6.58 Å². The summed E-state index contributed by atoms with van der Waals surface area (Å²) < 4.78 is 11.8. The monoisotopic (exact) mass is 222 g/mol. The zero-order chi connectivity index (χ0) is 12.2. The van der Waals surface area contributed by atoms with E-state index < -0.39 is 0 Å². The van der Waals surface area contributed by atoms with E-state index in [-0.39, 0.29) is 18.3 Å². The third-order valence-corrected chi connectivity index (χ3v) is 3.33. The summed E-state index contributed by atoms with van der Waals surface area (Å²) in [6.07, 6.45) is 9.12. The molecule has 0 N–H and O–H groups in total. The maximum atomic E-state index is 5.88. The first-order valence-corrected chi connectivity index (χ1v) is 6.00. The van der Waals surface area contributed by atoms with Crippen LogP contribution in [-0.4, -0.2) is 18.3 Å². The van der Waals surface area contributed by atoms with Gasteiger partial charge in [0.15, 0.2) is 0 Å². The van der Waals surface area contributed by atoms with Crippen molar-refractivity contribution in [1.82, 2.24) is 0 Å². The Morgan fingerprint density at radius 1 is 1.00 bits per heavy atom. The van der Waals surface area contributed by atoms with Crippen LogP contribution >= 0.6 is 0 Å². The Bertz CT molecular complexity index is 253. The summed E-state index contributed by atoms with van der Waals surface area (Å²) in [6, 6.07) is 0. The molecule has 3 heteroatoms. The highest BCUT2D eigenvalue weighted by molar-refractivity contribution is 6.46. The van der Waals surface area contributed by atoms with Crippen molar-refractivity contribution in [1.29, 1.82) is 0 Å². The van der Waals surface area contributed by atoms with Crippen molar-refractivity contribution in [2.45, 2.75) is 58.1 Å². The first kappa shape index (κ1) is 13.5. The SMILES string of the molecule is C=CCC/C=C/CB1OC(C)(C)C(C)(C)O1. The maximum Gasteiger partial charge on any atom is 0.461 e. The first-order chi connectivity index (χ1) is 7.39. The molecule has 0 aromatic rings. The largest absolute Gasteiger partial charge is 0.461 e. The zero-order valence-electron chi connectivity index (χ0n) is 11.0. The molecule has 0 aromatic carbocycles. The Morgan fingerprint density at radius 3 is 2.06 bits per heavy atom.